The highest BCUT2D eigenvalue weighted by Crippen LogP contribution is 2.36. The molecule has 0 bridgehead atoms. The minimum Gasteiger partial charge on any atom is -0.466 e. The number of hydrogen-bond donors (Lipinski definition) is 0. The molecule has 0 heterocycles. The molecule has 1 aliphatic carbocycles. The topological polar surface area (TPSA) is 26.3 Å². The molecule has 0 aromatic heterocycles. The minimum atomic E-state index is -0.0143. The van der Waals surface area contributed by atoms with Crippen LogP contribution in [-0.2, 0) is 9.53 Å². The third-order valence-electron chi connectivity index (χ3n) is 3.68. The molecule has 0 spiro atoms. The second kappa shape index (κ2) is 7.70. The molecule has 2 nitrogen and oxygen atoms in total. The zero-order valence-corrected chi connectivity index (χ0v) is 10.8. The van der Waals surface area contributed by atoms with Crippen LogP contribution < -0.4 is 0 Å². The Kier molecular flexibility index (Phi) is 6.51. The van der Waals surface area contributed by atoms with Crippen molar-refractivity contribution in [2.24, 2.45) is 11.8 Å². The van der Waals surface area contributed by atoms with Gasteiger partial charge in [0.05, 0.1) is 6.61 Å². The van der Waals surface area contributed by atoms with Gasteiger partial charge >= 0.3 is 5.97 Å². The van der Waals surface area contributed by atoms with E-state index in [2.05, 4.69) is 6.92 Å². The van der Waals surface area contributed by atoms with Crippen LogP contribution in [0.4, 0.5) is 0 Å². The van der Waals surface area contributed by atoms with Crippen LogP contribution in [0.5, 0.6) is 0 Å². The van der Waals surface area contributed by atoms with Crippen LogP contribution in [0.2, 0.25) is 0 Å². The van der Waals surface area contributed by atoms with E-state index in [9.17, 15) is 4.79 Å². The largest absolute Gasteiger partial charge is 0.466 e. The van der Waals surface area contributed by atoms with Crippen molar-refractivity contribution < 1.29 is 9.53 Å². The van der Waals surface area contributed by atoms with E-state index in [0.29, 0.717) is 13.0 Å². The molecule has 0 aliphatic heterocycles. The van der Waals surface area contributed by atoms with Gasteiger partial charge in [-0.3, -0.25) is 4.79 Å². The fraction of sp³-hybridized carbons (Fsp3) is 0.929. The Morgan fingerprint density at radius 1 is 1.19 bits per heavy atom. The maximum atomic E-state index is 11.2. The van der Waals surface area contributed by atoms with Crippen LogP contribution in [0, 0.1) is 11.8 Å². The Balaban J connectivity index is 2.09. The lowest BCUT2D eigenvalue weighted by molar-refractivity contribution is -0.143. The Labute approximate surface area is 99.8 Å². The lowest BCUT2D eigenvalue weighted by atomic mass is 9.97. The van der Waals surface area contributed by atoms with E-state index in [1.54, 1.807) is 0 Å². The highest BCUT2D eigenvalue weighted by molar-refractivity contribution is 5.69. The Hall–Kier alpha value is -0.530. The maximum Gasteiger partial charge on any atom is 0.305 e. The third kappa shape index (κ3) is 5.00. The summed E-state index contributed by atoms with van der Waals surface area (Å²) in [5.74, 6) is 1.71. The molecule has 2 unspecified atom stereocenters. The fourth-order valence-corrected chi connectivity index (χ4v) is 2.75. The SMILES string of the molecule is CCCCC1CCC(CCC(=O)OCC)C1. The second-order valence-corrected chi connectivity index (χ2v) is 5.03. The van der Waals surface area contributed by atoms with Crippen molar-refractivity contribution in [2.45, 2.75) is 65.2 Å². The first-order chi connectivity index (χ1) is 7.76. The summed E-state index contributed by atoms with van der Waals surface area (Å²) in [7, 11) is 0. The average molecular weight is 226 g/mol. The fourth-order valence-electron chi connectivity index (χ4n) is 2.75. The first-order valence-corrected chi connectivity index (χ1v) is 6.91. The van der Waals surface area contributed by atoms with Gasteiger partial charge < -0.3 is 4.74 Å². The molecule has 1 fully saturated rings. The molecule has 1 saturated carbocycles. The quantitative estimate of drug-likeness (QED) is 0.615. The smallest absolute Gasteiger partial charge is 0.305 e. The minimum absolute atomic E-state index is 0.0143. The van der Waals surface area contributed by atoms with Gasteiger partial charge in [-0.2, -0.15) is 0 Å². The molecule has 0 radical (unpaired) electrons. The third-order valence-corrected chi connectivity index (χ3v) is 3.68. The van der Waals surface area contributed by atoms with Gasteiger partial charge in [-0.05, 0) is 31.6 Å². The van der Waals surface area contributed by atoms with Gasteiger partial charge in [-0.15, -0.1) is 0 Å². The van der Waals surface area contributed by atoms with Gasteiger partial charge in [0.15, 0.2) is 0 Å². The van der Waals surface area contributed by atoms with Crippen molar-refractivity contribution in [2.75, 3.05) is 6.61 Å². The summed E-state index contributed by atoms with van der Waals surface area (Å²) in [6.45, 7) is 4.64. The first kappa shape index (κ1) is 13.5. The zero-order valence-electron chi connectivity index (χ0n) is 10.8. The number of carbonyl (C=O) groups excluding carboxylic acids is 1. The van der Waals surface area contributed by atoms with E-state index in [0.717, 1.165) is 18.3 Å². The Morgan fingerprint density at radius 2 is 1.88 bits per heavy atom. The Bertz CT molecular complexity index is 201. The first-order valence-electron chi connectivity index (χ1n) is 6.91. The molecule has 1 rings (SSSR count). The summed E-state index contributed by atoms with van der Waals surface area (Å²) >= 11 is 0. The van der Waals surface area contributed by atoms with Gasteiger partial charge in [-0.25, -0.2) is 0 Å². The molecule has 2 atom stereocenters. The van der Waals surface area contributed by atoms with Crippen molar-refractivity contribution >= 4 is 5.97 Å². The van der Waals surface area contributed by atoms with Gasteiger partial charge in [0.1, 0.15) is 0 Å². The van der Waals surface area contributed by atoms with Crippen LogP contribution in [0.1, 0.15) is 65.2 Å². The van der Waals surface area contributed by atoms with E-state index in [1.807, 2.05) is 6.92 Å². The molecule has 0 saturated heterocycles. The maximum absolute atomic E-state index is 11.2. The van der Waals surface area contributed by atoms with E-state index in [-0.39, 0.29) is 5.97 Å². The lowest BCUT2D eigenvalue weighted by Crippen LogP contribution is -2.06. The molecule has 2 heteroatoms. The number of unbranched alkanes of at least 4 members (excludes halogenated alkanes) is 1. The van der Waals surface area contributed by atoms with Gasteiger partial charge in [0.25, 0.3) is 0 Å². The molecule has 0 N–H and O–H groups in total. The van der Waals surface area contributed by atoms with Crippen molar-refractivity contribution in [3.05, 3.63) is 0 Å². The van der Waals surface area contributed by atoms with Crippen LogP contribution in [0.3, 0.4) is 0 Å². The van der Waals surface area contributed by atoms with Gasteiger partial charge in [-0.1, -0.05) is 39.0 Å². The van der Waals surface area contributed by atoms with Gasteiger partial charge in [0.2, 0.25) is 0 Å². The van der Waals surface area contributed by atoms with Crippen LogP contribution in [-0.4, -0.2) is 12.6 Å². The highest BCUT2D eigenvalue weighted by atomic mass is 16.5. The van der Waals surface area contributed by atoms with Crippen LogP contribution in [0.25, 0.3) is 0 Å². The molecular weight excluding hydrogens is 200 g/mol. The monoisotopic (exact) mass is 226 g/mol. The molecule has 0 amide bonds. The number of rotatable bonds is 7. The summed E-state index contributed by atoms with van der Waals surface area (Å²) in [5.41, 5.74) is 0. The predicted octanol–water partition coefficient (Wildman–Crippen LogP) is 3.94. The van der Waals surface area contributed by atoms with E-state index in [4.69, 9.17) is 4.74 Å². The van der Waals surface area contributed by atoms with E-state index >= 15 is 0 Å². The zero-order chi connectivity index (χ0) is 11.8. The lowest BCUT2D eigenvalue weighted by Gasteiger charge is -2.10. The van der Waals surface area contributed by atoms with Crippen LogP contribution >= 0.6 is 0 Å². The second-order valence-electron chi connectivity index (χ2n) is 5.03. The summed E-state index contributed by atoms with van der Waals surface area (Å²) in [6.07, 6.45) is 9.80. The van der Waals surface area contributed by atoms with E-state index < -0.39 is 0 Å². The molecular formula is C14H26O2. The predicted molar refractivity (Wildman–Crippen MR) is 66.2 cm³/mol. The van der Waals surface area contributed by atoms with E-state index in [1.165, 1.54) is 38.5 Å². The van der Waals surface area contributed by atoms with Gasteiger partial charge in [0, 0.05) is 6.42 Å². The summed E-state index contributed by atoms with van der Waals surface area (Å²) in [5, 5.41) is 0. The van der Waals surface area contributed by atoms with Crippen molar-refractivity contribution in [3.63, 3.8) is 0 Å². The standard InChI is InChI=1S/C14H26O2/c1-3-5-6-12-7-8-13(11-12)9-10-14(15)16-4-2/h12-13H,3-11H2,1-2H3. The summed E-state index contributed by atoms with van der Waals surface area (Å²) in [6, 6.07) is 0. The van der Waals surface area contributed by atoms with Crippen molar-refractivity contribution in [1.82, 2.24) is 0 Å². The number of carbonyl (C=O) groups is 1. The Morgan fingerprint density at radius 3 is 2.50 bits per heavy atom. The summed E-state index contributed by atoms with van der Waals surface area (Å²) in [4.78, 5) is 11.2. The molecule has 94 valence electrons. The molecule has 0 aromatic rings. The molecule has 1 aliphatic rings. The highest BCUT2D eigenvalue weighted by Gasteiger charge is 2.24. The molecule has 16 heavy (non-hydrogen) atoms. The van der Waals surface area contributed by atoms with Crippen molar-refractivity contribution in [1.29, 1.82) is 0 Å². The number of hydrogen-bond acceptors (Lipinski definition) is 2. The number of esters is 1. The van der Waals surface area contributed by atoms with Crippen molar-refractivity contribution in [3.8, 4) is 0 Å². The average Bonchev–Trinajstić information content (AvgIpc) is 2.72. The molecule has 0 aromatic carbocycles. The number of ether oxygens (including phenoxy) is 1. The normalized spacial score (nSPS) is 24.6. The summed E-state index contributed by atoms with van der Waals surface area (Å²) < 4.78 is 4.95. The van der Waals surface area contributed by atoms with Crippen LogP contribution in [0.15, 0.2) is 0 Å².